The number of phenolic OH excluding ortho intramolecular Hbond substituents is 2. The van der Waals surface area contributed by atoms with Gasteiger partial charge in [0.15, 0.2) is 0 Å². The summed E-state index contributed by atoms with van der Waals surface area (Å²) in [7, 11) is 0. The van der Waals surface area contributed by atoms with Gasteiger partial charge in [-0.15, -0.1) is 0 Å². The predicted molar refractivity (Wildman–Crippen MR) is 106 cm³/mol. The smallest absolute Gasteiger partial charge is 0.123 e. The van der Waals surface area contributed by atoms with E-state index < -0.39 is 0 Å². The number of aryl methyl sites for hydroxylation is 1. The minimum Gasteiger partial charge on any atom is -0.507 e. The minimum absolute atomic E-state index is 0.210. The molecule has 0 bridgehead atoms. The summed E-state index contributed by atoms with van der Waals surface area (Å²) in [5.41, 5.74) is 4.92. The molecule has 0 aliphatic heterocycles. The van der Waals surface area contributed by atoms with Crippen LogP contribution >= 0.6 is 0 Å². The lowest BCUT2D eigenvalue weighted by Crippen LogP contribution is -2.05. The van der Waals surface area contributed by atoms with Crippen molar-refractivity contribution in [2.24, 2.45) is 11.8 Å². The summed E-state index contributed by atoms with van der Waals surface area (Å²) in [6.45, 7) is 15.3. The number of phenols is 2. The van der Waals surface area contributed by atoms with Crippen molar-refractivity contribution >= 4 is 0 Å². The molecule has 0 aliphatic rings. The third kappa shape index (κ3) is 4.00. The van der Waals surface area contributed by atoms with Gasteiger partial charge in [0.05, 0.1) is 0 Å². The van der Waals surface area contributed by atoms with Crippen LogP contribution in [-0.4, -0.2) is 10.2 Å². The van der Waals surface area contributed by atoms with Crippen LogP contribution in [0.15, 0.2) is 30.3 Å². The fourth-order valence-electron chi connectivity index (χ4n) is 3.21. The number of aromatic hydroxyl groups is 2. The molecular formula is C23H32O2. The van der Waals surface area contributed by atoms with Crippen LogP contribution in [0.4, 0.5) is 0 Å². The summed E-state index contributed by atoms with van der Waals surface area (Å²) in [5.74, 6) is 2.24. The van der Waals surface area contributed by atoms with Crippen molar-refractivity contribution in [3.8, 4) is 22.6 Å². The molecule has 2 atom stereocenters. The highest BCUT2D eigenvalue weighted by atomic mass is 16.3. The molecular weight excluding hydrogens is 308 g/mol. The van der Waals surface area contributed by atoms with Crippen LogP contribution in [0.1, 0.15) is 70.1 Å². The fourth-order valence-corrected chi connectivity index (χ4v) is 3.21. The quantitative estimate of drug-likeness (QED) is 0.644. The highest BCUT2D eigenvalue weighted by Crippen LogP contribution is 2.41. The van der Waals surface area contributed by atoms with E-state index in [1.807, 2.05) is 31.2 Å². The second-order valence-electron chi connectivity index (χ2n) is 8.07. The minimum atomic E-state index is 0.210. The maximum atomic E-state index is 10.5. The van der Waals surface area contributed by atoms with Gasteiger partial charge in [-0.2, -0.15) is 0 Å². The van der Waals surface area contributed by atoms with Crippen molar-refractivity contribution in [3.05, 3.63) is 47.0 Å². The second-order valence-corrected chi connectivity index (χ2v) is 8.07. The Labute approximate surface area is 152 Å². The van der Waals surface area contributed by atoms with Crippen LogP contribution in [0.3, 0.4) is 0 Å². The van der Waals surface area contributed by atoms with Gasteiger partial charge >= 0.3 is 0 Å². The molecule has 136 valence electrons. The molecule has 0 aliphatic carbocycles. The highest BCUT2D eigenvalue weighted by Gasteiger charge is 2.19. The number of rotatable bonds is 5. The normalized spacial score (nSPS) is 14.1. The molecule has 2 N–H and O–H groups in total. The zero-order valence-electron chi connectivity index (χ0n) is 16.6. The first-order valence-electron chi connectivity index (χ1n) is 9.30. The molecule has 0 saturated heterocycles. The van der Waals surface area contributed by atoms with Crippen molar-refractivity contribution in [2.75, 3.05) is 0 Å². The van der Waals surface area contributed by atoms with Crippen LogP contribution in [0.2, 0.25) is 0 Å². The van der Waals surface area contributed by atoms with Crippen molar-refractivity contribution in [3.63, 3.8) is 0 Å². The Hall–Kier alpha value is -1.96. The van der Waals surface area contributed by atoms with Gasteiger partial charge in [-0.3, -0.25) is 0 Å². The van der Waals surface area contributed by atoms with Gasteiger partial charge in [-0.1, -0.05) is 47.6 Å². The number of benzene rings is 2. The first-order chi connectivity index (χ1) is 11.6. The standard InChI is InChI=1S/C23H32O2/c1-13(2)16(6)18-8-9-22(24)20(11-18)21-12-19(17(7)14(3)4)15(5)10-23(21)25/h8-14,16-17,24-25H,1-7H3. The summed E-state index contributed by atoms with van der Waals surface area (Å²) < 4.78 is 0. The van der Waals surface area contributed by atoms with E-state index in [0.29, 0.717) is 34.8 Å². The lowest BCUT2D eigenvalue weighted by molar-refractivity contribution is 0.467. The summed E-state index contributed by atoms with van der Waals surface area (Å²) in [5, 5.41) is 21.0. The molecule has 2 nitrogen and oxygen atoms in total. The van der Waals surface area contributed by atoms with Crippen LogP contribution in [0.25, 0.3) is 11.1 Å². The van der Waals surface area contributed by atoms with Crippen molar-refractivity contribution in [2.45, 2.75) is 60.3 Å². The molecule has 0 radical (unpaired) electrons. The maximum absolute atomic E-state index is 10.5. The SMILES string of the molecule is Cc1cc(O)c(-c2cc(C(C)C(C)C)ccc2O)cc1C(C)C(C)C. The summed E-state index contributed by atoms with van der Waals surface area (Å²) >= 11 is 0. The first-order valence-corrected chi connectivity index (χ1v) is 9.30. The molecule has 0 aromatic heterocycles. The van der Waals surface area contributed by atoms with E-state index in [9.17, 15) is 10.2 Å². The topological polar surface area (TPSA) is 40.5 Å². The molecule has 2 heteroatoms. The van der Waals surface area contributed by atoms with E-state index in [1.54, 1.807) is 6.07 Å². The third-order valence-corrected chi connectivity index (χ3v) is 5.71. The van der Waals surface area contributed by atoms with Gasteiger partial charge in [0.2, 0.25) is 0 Å². The van der Waals surface area contributed by atoms with E-state index in [1.165, 1.54) is 11.1 Å². The Morgan fingerprint density at radius 3 is 1.80 bits per heavy atom. The van der Waals surface area contributed by atoms with Crippen LogP contribution in [0, 0.1) is 18.8 Å². The van der Waals surface area contributed by atoms with E-state index in [4.69, 9.17) is 0 Å². The van der Waals surface area contributed by atoms with E-state index in [-0.39, 0.29) is 11.5 Å². The molecule has 0 heterocycles. The summed E-state index contributed by atoms with van der Waals surface area (Å²) in [6.07, 6.45) is 0. The molecule has 2 unspecified atom stereocenters. The molecule has 2 rings (SSSR count). The number of hydrogen-bond donors (Lipinski definition) is 2. The molecule has 0 spiro atoms. The van der Waals surface area contributed by atoms with Gasteiger partial charge in [0.1, 0.15) is 11.5 Å². The molecule has 0 amide bonds. The average Bonchev–Trinajstić information content (AvgIpc) is 2.54. The maximum Gasteiger partial charge on any atom is 0.123 e. The summed E-state index contributed by atoms with van der Waals surface area (Å²) in [4.78, 5) is 0. The van der Waals surface area contributed by atoms with Crippen LogP contribution in [-0.2, 0) is 0 Å². The van der Waals surface area contributed by atoms with Gasteiger partial charge in [0.25, 0.3) is 0 Å². The lowest BCUT2D eigenvalue weighted by atomic mass is 9.84. The average molecular weight is 341 g/mol. The zero-order valence-corrected chi connectivity index (χ0v) is 16.6. The van der Waals surface area contributed by atoms with Crippen LogP contribution < -0.4 is 0 Å². The Balaban J connectivity index is 2.61. The Bertz CT molecular complexity index is 744. The molecule has 2 aromatic rings. The summed E-state index contributed by atoms with van der Waals surface area (Å²) in [6, 6.07) is 9.62. The van der Waals surface area contributed by atoms with Crippen molar-refractivity contribution in [1.82, 2.24) is 0 Å². The fraction of sp³-hybridized carbons (Fsp3) is 0.478. The van der Waals surface area contributed by atoms with Crippen LogP contribution in [0.5, 0.6) is 11.5 Å². The Morgan fingerprint density at radius 2 is 1.24 bits per heavy atom. The van der Waals surface area contributed by atoms with E-state index in [0.717, 1.165) is 5.56 Å². The zero-order chi connectivity index (χ0) is 18.9. The first kappa shape index (κ1) is 19.4. The molecule has 2 aromatic carbocycles. The third-order valence-electron chi connectivity index (χ3n) is 5.71. The lowest BCUT2D eigenvalue weighted by Gasteiger charge is -2.21. The van der Waals surface area contributed by atoms with Crippen molar-refractivity contribution < 1.29 is 10.2 Å². The predicted octanol–water partition coefficient (Wildman–Crippen LogP) is 6.59. The Morgan fingerprint density at radius 1 is 0.680 bits per heavy atom. The van der Waals surface area contributed by atoms with Gasteiger partial charge in [-0.25, -0.2) is 0 Å². The van der Waals surface area contributed by atoms with E-state index >= 15 is 0 Å². The van der Waals surface area contributed by atoms with Gasteiger partial charge < -0.3 is 10.2 Å². The molecule has 0 saturated carbocycles. The van der Waals surface area contributed by atoms with Crippen molar-refractivity contribution in [1.29, 1.82) is 0 Å². The molecule has 0 fully saturated rings. The molecule has 25 heavy (non-hydrogen) atoms. The Kier molecular flexibility index (Phi) is 5.82. The van der Waals surface area contributed by atoms with E-state index in [2.05, 4.69) is 41.5 Å². The monoisotopic (exact) mass is 340 g/mol. The largest absolute Gasteiger partial charge is 0.507 e. The second kappa shape index (κ2) is 7.51. The van der Waals surface area contributed by atoms with Gasteiger partial charge in [0, 0.05) is 11.1 Å². The highest BCUT2D eigenvalue weighted by molar-refractivity contribution is 5.77. The number of hydrogen-bond acceptors (Lipinski definition) is 2. The van der Waals surface area contributed by atoms with Gasteiger partial charge in [-0.05, 0) is 71.6 Å².